The maximum Gasteiger partial charge on any atom is 0.219 e. The van der Waals surface area contributed by atoms with Crippen molar-refractivity contribution in [3.05, 3.63) is 52.7 Å². The molecule has 92 valence electrons. The van der Waals surface area contributed by atoms with Crippen LogP contribution in [0.25, 0.3) is 0 Å². The minimum Gasteiger partial charge on any atom is -0.439 e. The molecule has 1 aromatic heterocycles. The van der Waals surface area contributed by atoms with Crippen LogP contribution in [0.4, 0.5) is 0 Å². The molecule has 0 saturated heterocycles. The molecule has 1 aromatic carbocycles. The molecule has 1 heterocycles. The SMILES string of the molecule is Cc1cc(Cl)ccc1Oc1ccc(C(=N)N)cn1. The Kier molecular flexibility index (Phi) is 3.48. The number of nitrogens with two attached hydrogens (primary N) is 1. The number of ether oxygens (including phenoxy) is 1. The summed E-state index contributed by atoms with van der Waals surface area (Å²) in [7, 11) is 0. The molecule has 0 spiro atoms. The van der Waals surface area contributed by atoms with Gasteiger partial charge in [0.15, 0.2) is 0 Å². The molecule has 2 rings (SSSR count). The first-order valence-electron chi connectivity index (χ1n) is 5.31. The fraction of sp³-hybridized carbons (Fsp3) is 0.0769. The smallest absolute Gasteiger partial charge is 0.219 e. The van der Waals surface area contributed by atoms with Crippen LogP contribution >= 0.6 is 11.6 Å². The Hall–Kier alpha value is -2.07. The molecule has 18 heavy (non-hydrogen) atoms. The molecule has 0 fully saturated rings. The Morgan fingerprint density at radius 2 is 2.11 bits per heavy atom. The lowest BCUT2D eigenvalue weighted by atomic mass is 10.2. The monoisotopic (exact) mass is 261 g/mol. The lowest BCUT2D eigenvalue weighted by molar-refractivity contribution is 0.459. The maximum atomic E-state index is 7.27. The Morgan fingerprint density at radius 1 is 1.33 bits per heavy atom. The van der Waals surface area contributed by atoms with Crippen molar-refractivity contribution in [3.8, 4) is 11.6 Å². The molecular formula is C13H12ClN3O. The van der Waals surface area contributed by atoms with Gasteiger partial charge in [0.25, 0.3) is 0 Å². The Morgan fingerprint density at radius 3 is 2.67 bits per heavy atom. The van der Waals surface area contributed by atoms with Crippen molar-refractivity contribution < 1.29 is 4.74 Å². The second-order valence-electron chi connectivity index (χ2n) is 3.81. The molecular weight excluding hydrogens is 250 g/mol. The zero-order valence-corrected chi connectivity index (χ0v) is 10.5. The number of aromatic nitrogens is 1. The molecule has 0 atom stereocenters. The van der Waals surface area contributed by atoms with Gasteiger partial charge in [0.05, 0.1) is 0 Å². The standard InChI is InChI=1S/C13H12ClN3O/c1-8-6-10(14)3-4-11(8)18-12-5-2-9(7-17-12)13(15)16/h2-7H,1H3,(H3,15,16). The van der Waals surface area contributed by atoms with E-state index in [0.717, 1.165) is 5.56 Å². The van der Waals surface area contributed by atoms with Gasteiger partial charge in [-0.3, -0.25) is 5.41 Å². The second kappa shape index (κ2) is 5.06. The van der Waals surface area contributed by atoms with Gasteiger partial charge in [0, 0.05) is 22.8 Å². The number of hydrogen-bond acceptors (Lipinski definition) is 3. The number of nitrogens with one attached hydrogen (secondary N) is 1. The summed E-state index contributed by atoms with van der Waals surface area (Å²) in [5.41, 5.74) is 6.84. The summed E-state index contributed by atoms with van der Waals surface area (Å²) in [6.45, 7) is 1.91. The Balaban J connectivity index is 2.21. The van der Waals surface area contributed by atoms with E-state index < -0.39 is 0 Å². The van der Waals surface area contributed by atoms with Gasteiger partial charge in [-0.25, -0.2) is 4.98 Å². The van der Waals surface area contributed by atoms with E-state index in [1.165, 1.54) is 6.20 Å². The van der Waals surface area contributed by atoms with Gasteiger partial charge in [-0.05, 0) is 36.8 Å². The molecule has 0 aliphatic rings. The van der Waals surface area contributed by atoms with Gasteiger partial charge in [0.1, 0.15) is 11.6 Å². The number of aryl methyl sites for hydroxylation is 1. The molecule has 0 unspecified atom stereocenters. The van der Waals surface area contributed by atoms with Crippen molar-refractivity contribution >= 4 is 17.4 Å². The third kappa shape index (κ3) is 2.78. The number of amidine groups is 1. The molecule has 0 aliphatic heterocycles. The first-order chi connectivity index (χ1) is 8.56. The van der Waals surface area contributed by atoms with Gasteiger partial charge < -0.3 is 10.5 Å². The number of nitrogens with zero attached hydrogens (tertiary/aromatic N) is 1. The highest BCUT2D eigenvalue weighted by atomic mass is 35.5. The molecule has 2 aromatic rings. The van der Waals surface area contributed by atoms with E-state index in [1.807, 2.05) is 13.0 Å². The van der Waals surface area contributed by atoms with Crippen LogP contribution in [-0.2, 0) is 0 Å². The van der Waals surface area contributed by atoms with E-state index in [1.54, 1.807) is 24.3 Å². The lowest BCUT2D eigenvalue weighted by Crippen LogP contribution is -2.11. The highest BCUT2D eigenvalue weighted by molar-refractivity contribution is 6.30. The third-order valence-electron chi connectivity index (χ3n) is 2.40. The molecule has 4 nitrogen and oxygen atoms in total. The van der Waals surface area contributed by atoms with Crippen LogP contribution in [0.1, 0.15) is 11.1 Å². The molecule has 0 aliphatic carbocycles. The normalized spacial score (nSPS) is 10.1. The highest BCUT2D eigenvalue weighted by Gasteiger charge is 2.04. The Bertz CT molecular complexity index is 581. The van der Waals surface area contributed by atoms with Gasteiger partial charge in [-0.1, -0.05) is 11.6 Å². The van der Waals surface area contributed by atoms with E-state index in [4.69, 9.17) is 27.5 Å². The summed E-state index contributed by atoms with van der Waals surface area (Å²) in [6, 6.07) is 8.73. The summed E-state index contributed by atoms with van der Waals surface area (Å²) in [5.74, 6) is 1.13. The van der Waals surface area contributed by atoms with Crippen LogP contribution in [0, 0.1) is 12.3 Å². The van der Waals surface area contributed by atoms with Crippen molar-refractivity contribution in [2.75, 3.05) is 0 Å². The van der Waals surface area contributed by atoms with Crippen LogP contribution in [0.5, 0.6) is 11.6 Å². The molecule has 0 bridgehead atoms. The van der Waals surface area contributed by atoms with E-state index in [0.29, 0.717) is 22.2 Å². The van der Waals surface area contributed by atoms with Gasteiger partial charge >= 0.3 is 0 Å². The number of hydrogen-bond donors (Lipinski definition) is 2. The van der Waals surface area contributed by atoms with Crippen LogP contribution in [0.2, 0.25) is 5.02 Å². The Labute approximate surface area is 110 Å². The second-order valence-corrected chi connectivity index (χ2v) is 4.25. The summed E-state index contributed by atoms with van der Waals surface area (Å²) < 4.78 is 5.62. The lowest BCUT2D eigenvalue weighted by Gasteiger charge is -2.08. The molecule has 0 saturated carbocycles. The van der Waals surface area contributed by atoms with Crippen molar-refractivity contribution in [1.29, 1.82) is 5.41 Å². The molecule has 0 amide bonds. The quantitative estimate of drug-likeness (QED) is 0.659. The molecule has 3 N–H and O–H groups in total. The van der Waals surface area contributed by atoms with Crippen LogP contribution < -0.4 is 10.5 Å². The van der Waals surface area contributed by atoms with Crippen molar-refractivity contribution in [2.45, 2.75) is 6.92 Å². The third-order valence-corrected chi connectivity index (χ3v) is 2.63. The largest absolute Gasteiger partial charge is 0.439 e. The van der Waals surface area contributed by atoms with E-state index >= 15 is 0 Å². The number of pyridine rings is 1. The van der Waals surface area contributed by atoms with Crippen LogP contribution in [0.15, 0.2) is 36.5 Å². The first-order valence-corrected chi connectivity index (χ1v) is 5.68. The average Bonchev–Trinajstić information content (AvgIpc) is 2.33. The average molecular weight is 262 g/mol. The maximum absolute atomic E-state index is 7.27. The predicted molar refractivity (Wildman–Crippen MR) is 71.5 cm³/mol. The van der Waals surface area contributed by atoms with Crippen molar-refractivity contribution in [2.24, 2.45) is 5.73 Å². The predicted octanol–water partition coefficient (Wildman–Crippen LogP) is 3.12. The highest BCUT2D eigenvalue weighted by Crippen LogP contribution is 2.26. The van der Waals surface area contributed by atoms with Gasteiger partial charge in [-0.15, -0.1) is 0 Å². The number of benzene rings is 1. The number of rotatable bonds is 3. The number of halogens is 1. The zero-order chi connectivity index (χ0) is 13.1. The van der Waals surface area contributed by atoms with E-state index in [-0.39, 0.29) is 5.84 Å². The minimum atomic E-state index is -0.0169. The fourth-order valence-corrected chi connectivity index (χ4v) is 1.67. The van der Waals surface area contributed by atoms with Crippen molar-refractivity contribution in [3.63, 3.8) is 0 Å². The van der Waals surface area contributed by atoms with Gasteiger partial charge in [0.2, 0.25) is 5.88 Å². The minimum absolute atomic E-state index is 0.0169. The molecule has 5 heteroatoms. The summed E-state index contributed by atoms with van der Waals surface area (Å²) in [5, 5.41) is 7.93. The van der Waals surface area contributed by atoms with Crippen LogP contribution in [0.3, 0.4) is 0 Å². The zero-order valence-electron chi connectivity index (χ0n) is 9.77. The van der Waals surface area contributed by atoms with Gasteiger partial charge in [-0.2, -0.15) is 0 Å². The van der Waals surface area contributed by atoms with Crippen molar-refractivity contribution in [1.82, 2.24) is 4.98 Å². The summed E-state index contributed by atoms with van der Waals surface area (Å²) >= 11 is 5.87. The van der Waals surface area contributed by atoms with Crippen LogP contribution in [-0.4, -0.2) is 10.8 Å². The molecule has 0 radical (unpaired) electrons. The number of nitrogen functional groups attached to an aromatic ring is 1. The summed E-state index contributed by atoms with van der Waals surface area (Å²) in [4.78, 5) is 4.08. The topological polar surface area (TPSA) is 72.0 Å². The first kappa shape index (κ1) is 12.4. The van der Waals surface area contributed by atoms with E-state index in [9.17, 15) is 0 Å². The fourth-order valence-electron chi connectivity index (χ4n) is 1.44. The van der Waals surface area contributed by atoms with E-state index in [2.05, 4.69) is 4.98 Å². The summed E-state index contributed by atoms with van der Waals surface area (Å²) in [6.07, 6.45) is 1.50.